The molecule has 0 bridgehead atoms. The van der Waals surface area contributed by atoms with E-state index in [-0.39, 0.29) is 5.91 Å². The second-order valence-corrected chi connectivity index (χ2v) is 12.3. The van der Waals surface area contributed by atoms with Crippen molar-refractivity contribution in [3.05, 3.63) is 82.2 Å². The van der Waals surface area contributed by atoms with Gasteiger partial charge in [0.05, 0.1) is 0 Å². The van der Waals surface area contributed by atoms with Gasteiger partial charge in [-0.15, -0.1) is 11.3 Å². The molecule has 1 atom stereocenters. The molecule has 11 heteroatoms. The Kier molecular flexibility index (Phi) is 11.7. The van der Waals surface area contributed by atoms with Gasteiger partial charge in [0.25, 0.3) is 5.91 Å². The molecule has 2 aromatic carbocycles. The van der Waals surface area contributed by atoms with Crippen LogP contribution in [0.2, 0.25) is 0 Å². The number of aliphatic carboxylic acids is 1. The first-order chi connectivity index (χ1) is 20.6. The van der Waals surface area contributed by atoms with Crippen LogP contribution in [0.25, 0.3) is 10.4 Å². The molecule has 232 valence electrons. The molecule has 2 saturated heterocycles. The predicted octanol–water partition coefficient (Wildman–Crippen LogP) is 5.31. The Morgan fingerprint density at radius 2 is 1.74 bits per heavy atom. The summed E-state index contributed by atoms with van der Waals surface area (Å²) in [4.78, 5) is 27.0. The van der Waals surface area contributed by atoms with E-state index in [1.54, 1.807) is 0 Å². The molecule has 2 fully saturated rings. The standard InChI is InChI=1S/C30H38N4OS.C2HF3O2/c1-22-20-34(15-14-32-22)21-28-8-9-29(36-28)26-6-3-5-25(18-26)19-33-30(35)27-7-2-4-24(17-27)16-23-10-12-31-13-11-23;3-2(4,5)1(6)7/h2-9,17-18,22-23,31-32H,10-16,19-21H2,1H3,(H,33,35);(H,6,7)/t22-;/m0./s1. The van der Waals surface area contributed by atoms with E-state index >= 15 is 0 Å². The summed E-state index contributed by atoms with van der Waals surface area (Å²) in [6.45, 7) is 9.28. The maximum Gasteiger partial charge on any atom is 0.490 e. The number of carboxylic acid groups (broad SMARTS) is 1. The fraction of sp³-hybridized carbons (Fsp3) is 0.438. The van der Waals surface area contributed by atoms with Gasteiger partial charge in [-0.2, -0.15) is 13.2 Å². The Morgan fingerprint density at radius 1 is 1.02 bits per heavy atom. The smallest absolute Gasteiger partial charge is 0.475 e. The van der Waals surface area contributed by atoms with Gasteiger partial charge in [0.15, 0.2) is 0 Å². The van der Waals surface area contributed by atoms with Crippen molar-refractivity contribution in [3.63, 3.8) is 0 Å². The monoisotopic (exact) mass is 616 g/mol. The highest BCUT2D eigenvalue weighted by Gasteiger charge is 2.38. The third-order valence-electron chi connectivity index (χ3n) is 7.57. The first kappa shape index (κ1) is 32.7. The summed E-state index contributed by atoms with van der Waals surface area (Å²) in [6, 6.07) is 21.8. The van der Waals surface area contributed by atoms with Gasteiger partial charge in [-0.05, 0) is 92.2 Å². The average molecular weight is 617 g/mol. The minimum absolute atomic E-state index is 0.00350. The van der Waals surface area contributed by atoms with Gasteiger partial charge in [0.2, 0.25) is 0 Å². The predicted molar refractivity (Wildman–Crippen MR) is 163 cm³/mol. The van der Waals surface area contributed by atoms with Crippen molar-refractivity contribution in [3.8, 4) is 10.4 Å². The molecule has 4 N–H and O–H groups in total. The highest BCUT2D eigenvalue weighted by Crippen LogP contribution is 2.30. The Balaban J connectivity index is 0.000000541. The average Bonchev–Trinajstić information content (AvgIpc) is 3.45. The van der Waals surface area contributed by atoms with E-state index in [0.717, 1.165) is 56.8 Å². The fourth-order valence-electron chi connectivity index (χ4n) is 5.37. The van der Waals surface area contributed by atoms with Crippen molar-refractivity contribution < 1.29 is 27.9 Å². The topological polar surface area (TPSA) is 93.7 Å². The zero-order chi connectivity index (χ0) is 30.8. The van der Waals surface area contributed by atoms with Crippen molar-refractivity contribution in [1.29, 1.82) is 0 Å². The van der Waals surface area contributed by atoms with Crippen LogP contribution in [0, 0.1) is 5.92 Å². The fourth-order valence-corrected chi connectivity index (χ4v) is 6.42. The van der Waals surface area contributed by atoms with Crippen LogP contribution in [-0.4, -0.2) is 66.8 Å². The number of nitrogens with one attached hydrogen (secondary N) is 3. The van der Waals surface area contributed by atoms with Gasteiger partial charge < -0.3 is 21.1 Å². The van der Waals surface area contributed by atoms with E-state index in [1.165, 1.54) is 33.7 Å². The van der Waals surface area contributed by atoms with Gasteiger partial charge in [-0.1, -0.05) is 30.3 Å². The molecule has 0 unspecified atom stereocenters. The second kappa shape index (κ2) is 15.5. The van der Waals surface area contributed by atoms with Crippen molar-refractivity contribution in [2.45, 2.75) is 51.5 Å². The Labute approximate surface area is 254 Å². The summed E-state index contributed by atoms with van der Waals surface area (Å²) in [5.41, 5.74) is 4.36. The van der Waals surface area contributed by atoms with Crippen molar-refractivity contribution in [2.75, 3.05) is 32.7 Å². The summed E-state index contributed by atoms with van der Waals surface area (Å²) in [5, 5.41) is 17.2. The third kappa shape index (κ3) is 10.5. The van der Waals surface area contributed by atoms with E-state index in [4.69, 9.17) is 9.90 Å². The number of rotatable bonds is 8. The minimum Gasteiger partial charge on any atom is -0.475 e. The molecule has 2 aliphatic rings. The van der Waals surface area contributed by atoms with Crippen LogP contribution in [0.5, 0.6) is 0 Å². The Bertz CT molecular complexity index is 1360. The number of piperidine rings is 1. The number of carbonyl (C=O) groups excluding carboxylic acids is 1. The van der Waals surface area contributed by atoms with Gasteiger partial charge in [0, 0.05) is 54.1 Å². The number of halogens is 3. The number of alkyl halides is 3. The molecular weight excluding hydrogens is 577 g/mol. The number of piperazine rings is 1. The van der Waals surface area contributed by atoms with Crippen LogP contribution in [0.3, 0.4) is 0 Å². The van der Waals surface area contributed by atoms with E-state index in [2.05, 4.69) is 76.3 Å². The van der Waals surface area contributed by atoms with Crippen LogP contribution in [0.4, 0.5) is 13.2 Å². The largest absolute Gasteiger partial charge is 0.490 e. The lowest BCUT2D eigenvalue weighted by Gasteiger charge is -2.31. The molecule has 0 spiro atoms. The molecule has 0 aliphatic carbocycles. The number of nitrogens with zero attached hydrogens (tertiary/aromatic N) is 1. The van der Waals surface area contributed by atoms with Gasteiger partial charge in [0.1, 0.15) is 0 Å². The molecule has 1 amide bonds. The lowest BCUT2D eigenvalue weighted by Crippen LogP contribution is -2.48. The highest BCUT2D eigenvalue weighted by molar-refractivity contribution is 7.15. The SMILES string of the molecule is C[C@H]1CN(Cc2ccc(-c3cccc(CNC(=O)c4cccc(CC5CCNCC5)c4)c3)s2)CCN1.O=C(O)C(F)(F)F. The molecule has 5 rings (SSSR count). The summed E-state index contributed by atoms with van der Waals surface area (Å²) in [7, 11) is 0. The summed E-state index contributed by atoms with van der Waals surface area (Å²) >= 11 is 1.87. The lowest BCUT2D eigenvalue weighted by atomic mass is 9.90. The normalized spacial score (nSPS) is 18.0. The van der Waals surface area contributed by atoms with Crippen LogP contribution in [0.1, 0.15) is 46.1 Å². The molecule has 43 heavy (non-hydrogen) atoms. The van der Waals surface area contributed by atoms with Gasteiger partial charge in [-0.3, -0.25) is 9.69 Å². The van der Waals surface area contributed by atoms with Crippen LogP contribution in [-0.2, 0) is 24.3 Å². The van der Waals surface area contributed by atoms with E-state index in [9.17, 15) is 18.0 Å². The molecule has 0 saturated carbocycles. The van der Waals surface area contributed by atoms with E-state index in [1.807, 2.05) is 23.5 Å². The summed E-state index contributed by atoms with van der Waals surface area (Å²) in [6.07, 6.45) is -1.60. The number of benzene rings is 2. The van der Waals surface area contributed by atoms with Crippen molar-refractivity contribution in [2.24, 2.45) is 5.92 Å². The molecule has 7 nitrogen and oxygen atoms in total. The molecule has 2 aliphatic heterocycles. The van der Waals surface area contributed by atoms with Crippen LogP contribution in [0.15, 0.2) is 60.7 Å². The second-order valence-electron chi connectivity index (χ2n) is 11.1. The summed E-state index contributed by atoms with van der Waals surface area (Å²) in [5.74, 6) is -2.05. The zero-order valence-electron chi connectivity index (χ0n) is 24.3. The number of hydrogen-bond acceptors (Lipinski definition) is 6. The molecule has 1 aromatic heterocycles. The number of thiophene rings is 1. The number of amides is 1. The van der Waals surface area contributed by atoms with Crippen molar-refractivity contribution in [1.82, 2.24) is 20.9 Å². The minimum atomic E-state index is -5.08. The molecule has 0 radical (unpaired) electrons. The number of carboxylic acids is 1. The first-order valence-corrected chi connectivity index (χ1v) is 15.4. The molecule has 3 aromatic rings. The summed E-state index contributed by atoms with van der Waals surface area (Å²) < 4.78 is 31.7. The number of hydrogen-bond donors (Lipinski definition) is 4. The highest BCUT2D eigenvalue weighted by atomic mass is 32.1. The third-order valence-corrected chi connectivity index (χ3v) is 8.69. The van der Waals surface area contributed by atoms with Gasteiger partial charge >= 0.3 is 12.1 Å². The number of carbonyl (C=O) groups is 2. The Hall–Kier alpha value is -3.25. The maximum atomic E-state index is 12.9. The molecule has 3 heterocycles. The quantitative estimate of drug-likeness (QED) is 0.274. The lowest BCUT2D eigenvalue weighted by molar-refractivity contribution is -0.192. The van der Waals surface area contributed by atoms with E-state index in [0.29, 0.717) is 18.5 Å². The Morgan fingerprint density at radius 3 is 2.47 bits per heavy atom. The maximum absolute atomic E-state index is 12.9. The first-order valence-electron chi connectivity index (χ1n) is 14.6. The van der Waals surface area contributed by atoms with Crippen LogP contribution >= 0.6 is 11.3 Å². The van der Waals surface area contributed by atoms with E-state index < -0.39 is 12.1 Å². The zero-order valence-corrected chi connectivity index (χ0v) is 25.1. The van der Waals surface area contributed by atoms with Crippen molar-refractivity contribution >= 4 is 23.2 Å². The van der Waals surface area contributed by atoms with Crippen LogP contribution < -0.4 is 16.0 Å². The van der Waals surface area contributed by atoms with Gasteiger partial charge in [-0.25, -0.2) is 4.79 Å². The molecular formula is C32H39F3N4O3S.